The van der Waals surface area contributed by atoms with E-state index >= 15 is 0 Å². The quantitative estimate of drug-likeness (QED) is 0.767. The number of likely N-dealkylation sites (tertiary alicyclic amines) is 1. The summed E-state index contributed by atoms with van der Waals surface area (Å²) in [5.74, 6) is 1.62. The fraction of sp³-hybridized carbons (Fsp3) is 0.625. The molecule has 1 aromatic carbocycles. The second-order valence-corrected chi connectivity index (χ2v) is 9.42. The highest BCUT2D eigenvalue weighted by Crippen LogP contribution is 2.39. The molecular formula is C24H31FN2O. The molecule has 6 rings (SSSR count). The Bertz CT molecular complexity index is 761. The molecule has 1 amide bonds. The van der Waals surface area contributed by atoms with Crippen LogP contribution in [0.2, 0.25) is 0 Å². The highest BCUT2D eigenvalue weighted by Gasteiger charge is 2.36. The lowest BCUT2D eigenvalue weighted by Crippen LogP contribution is -2.40. The number of amides is 1. The molecule has 3 heterocycles. The van der Waals surface area contributed by atoms with Gasteiger partial charge >= 0.3 is 0 Å². The van der Waals surface area contributed by atoms with Crippen LogP contribution in [-0.4, -0.2) is 41.9 Å². The molecule has 4 fully saturated rings. The van der Waals surface area contributed by atoms with Gasteiger partial charge in [-0.25, -0.2) is 4.39 Å². The molecule has 28 heavy (non-hydrogen) atoms. The van der Waals surface area contributed by atoms with Crippen molar-refractivity contribution < 1.29 is 9.18 Å². The summed E-state index contributed by atoms with van der Waals surface area (Å²) >= 11 is 0. The Balaban J connectivity index is 1.23. The van der Waals surface area contributed by atoms with Gasteiger partial charge in [-0.05, 0) is 87.1 Å². The highest BCUT2D eigenvalue weighted by atomic mass is 19.1. The minimum absolute atomic E-state index is 0.000150. The summed E-state index contributed by atoms with van der Waals surface area (Å²) in [6, 6.07) is 5.64. The van der Waals surface area contributed by atoms with Crippen molar-refractivity contribution in [3.63, 3.8) is 0 Å². The minimum atomic E-state index is -0.107. The van der Waals surface area contributed by atoms with Crippen LogP contribution in [0.3, 0.4) is 0 Å². The van der Waals surface area contributed by atoms with Gasteiger partial charge in [0.25, 0.3) is 0 Å². The fourth-order valence-electron chi connectivity index (χ4n) is 5.58. The Labute approximate surface area is 167 Å². The zero-order valence-electron chi connectivity index (χ0n) is 16.7. The van der Waals surface area contributed by atoms with Gasteiger partial charge in [-0.3, -0.25) is 9.69 Å². The number of carbonyl (C=O) groups is 1. The molecule has 3 nitrogen and oxygen atoms in total. The van der Waals surface area contributed by atoms with Crippen LogP contribution in [0.1, 0.15) is 56.1 Å². The first-order chi connectivity index (χ1) is 13.7. The summed E-state index contributed by atoms with van der Waals surface area (Å²) in [5.41, 5.74) is 2.86. The number of allylic oxidation sites excluding steroid dienone is 1. The van der Waals surface area contributed by atoms with Gasteiger partial charge in [0.2, 0.25) is 5.91 Å². The van der Waals surface area contributed by atoms with Gasteiger partial charge in [0.15, 0.2) is 0 Å². The van der Waals surface area contributed by atoms with Crippen molar-refractivity contribution in [2.24, 2.45) is 17.8 Å². The Morgan fingerprint density at radius 3 is 2.29 bits per heavy atom. The number of hydrogen-bond acceptors (Lipinski definition) is 2. The van der Waals surface area contributed by atoms with E-state index in [1.165, 1.54) is 38.5 Å². The molecule has 1 aromatic rings. The first kappa shape index (κ1) is 18.4. The van der Waals surface area contributed by atoms with Gasteiger partial charge < -0.3 is 4.90 Å². The van der Waals surface area contributed by atoms with E-state index in [9.17, 15) is 9.18 Å². The average molecular weight is 383 g/mol. The van der Waals surface area contributed by atoms with E-state index in [2.05, 4.69) is 15.9 Å². The lowest BCUT2D eigenvalue weighted by Gasteiger charge is -2.31. The maximum absolute atomic E-state index is 14.6. The number of fused-ring (bicyclic) bond motifs is 4. The molecule has 5 aliphatic rings. The van der Waals surface area contributed by atoms with Crippen LogP contribution in [0.4, 0.5) is 4.39 Å². The summed E-state index contributed by atoms with van der Waals surface area (Å²) in [6.07, 6.45) is 10.5. The number of benzene rings is 1. The summed E-state index contributed by atoms with van der Waals surface area (Å²) in [6.45, 7) is 4.77. The first-order valence-corrected chi connectivity index (χ1v) is 11.2. The minimum Gasteiger partial charge on any atom is -0.342 e. The maximum Gasteiger partial charge on any atom is 0.229 e. The van der Waals surface area contributed by atoms with E-state index in [0.29, 0.717) is 24.3 Å². The second kappa shape index (κ2) is 7.62. The monoisotopic (exact) mass is 382 g/mol. The Kier molecular flexibility index (Phi) is 5.00. The first-order valence-electron chi connectivity index (χ1n) is 11.2. The van der Waals surface area contributed by atoms with E-state index in [1.54, 1.807) is 6.07 Å². The predicted molar refractivity (Wildman–Crippen MR) is 109 cm³/mol. The number of rotatable bonds is 4. The molecule has 3 saturated heterocycles. The van der Waals surface area contributed by atoms with Gasteiger partial charge in [-0.1, -0.05) is 18.2 Å². The van der Waals surface area contributed by atoms with Crippen molar-refractivity contribution in [1.29, 1.82) is 0 Å². The van der Waals surface area contributed by atoms with E-state index in [-0.39, 0.29) is 11.7 Å². The van der Waals surface area contributed by atoms with Crippen LogP contribution in [-0.2, 0) is 11.3 Å². The second-order valence-electron chi connectivity index (χ2n) is 9.42. The summed E-state index contributed by atoms with van der Waals surface area (Å²) in [5, 5.41) is 0. The molecular weight excluding hydrogens is 351 g/mol. The van der Waals surface area contributed by atoms with Gasteiger partial charge in [-0.15, -0.1) is 0 Å². The number of hydrogen-bond donors (Lipinski definition) is 0. The topological polar surface area (TPSA) is 23.6 Å². The molecule has 150 valence electrons. The largest absolute Gasteiger partial charge is 0.342 e. The van der Waals surface area contributed by atoms with Crippen LogP contribution < -0.4 is 0 Å². The Morgan fingerprint density at radius 1 is 1.04 bits per heavy atom. The summed E-state index contributed by atoms with van der Waals surface area (Å²) in [7, 11) is 0. The molecule has 4 heteroatoms. The van der Waals surface area contributed by atoms with Crippen molar-refractivity contribution >= 4 is 11.5 Å². The Morgan fingerprint density at radius 2 is 1.68 bits per heavy atom. The molecule has 2 aliphatic carbocycles. The van der Waals surface area contributed by atoms with Crippen LogP contribution in [0, 0.1) is 23.6 Å². The Hall–Kier alpha value is -1.68. The molecule has 0 aromatic heterocycles. The summed E-state index contributed by atoms with van der Waals surface area (Å²) in [4.78, 5) is 17.4. The van der Waals surface area contributed by atoms with E-state index in [4.69, 9.17) is 0 Å². The molecule has 0 radical (unpaired) electrons. The molecule has 1 atom stereocenters. The van der Waals surface area contributed by atoms with Crippen molar-refractivity contribution in [1.82, 2.24) is 9.80 Å². The van der Waals surface area contributed by atoms with E-state index in [0.717, 1.165) is 49.3 Å². The van der Waals surface area contributed by atoms with Crippen molar-refractivity contribution in [3.05, 3.63) is 41.2 Å². The van der Waals surface area contributed by atoms with Gasteiger partial charge in [0, 0.05) is 25.2 Å². The number of halogens is 1. The third kappa shape index (κ3) is 3.63. The summed E-state index contributed by atoms with van der Waals surface area (Å²) < 4.78 is 14.6. The fourth-order valence-corrected chi connectivity index (χ4v) is 5.58. The lowest BCUT2D eigenvalue weighted by atomic mass is 9.81. The van der Waals surface area contributed by atoms with Crippen molar-refractivity contribution in [3.8, 4) is 0 Å². The normalized spacial score (nSPS) is 30.1. The van der Waals surface area contributed by atoms with Crippen molar-refractivity contribution in [2.75, 3.05) is 26.2 Å². The van der Waals surface area contributed by atoms with E-state index < -0.39 is 0 Å². The van der Waals surface area contributed by atoms with Crippen LogP contribution in [0.5, 0.6) is 0 Å². The zero-order chi connectivity index (χ0) is 19.1. The molecule has 3 aliphatic heterocycles. The van der Waals surface area contributed by atoms with Gasteiger partial charge in [0.1, 0.15) is 5.82 Å². The molecule has 1 unspecified atom stereocenters. The van der Waals surface area contributed by atoms with Crippen LogP contribution in [0.15, 0.2) is 24.3 Å². The van der Waals surface area contributed by atoms with Gasteiger partial charge in [-0.2, -0.15) is 0 Å². The predicted octanol–water partition coefficient (Wildman–Crippen LogP) is 4.47. The molecule has 1 saturated carbocycles. The van der Waals surface area contributed by atoms with E-state index in [1.807, 2.05) is 12.1 Å². The maximum atomic E-state index is 14.6. The molecule has 2 bridgehead atoms. The van der Waals surface area contributed by atoms with Crippen molar-refractivity contribution in [2.45, 2.75) is 51.5 Å². The average Bonchev–Trinajstić information content (AvgIpc) is 2.98. The van der Waals surface area contributed by atoms with Gasteiger partial charge in [0.05, 0.1) is 5.92 Å². The molecule has 0 spiro atoms. The third-order valence-corrected chi connectivity index (χ3v) is 7.41. The van der Waals surface area contributed by atoms with Crippen LogP contribution in [0.25, 0.3) is 5.57 Å². The SMILES string of the molecule is O=C(C1C=C(c2ccc(CN3CCCC3)c(F)c2)C1)N1CC2CCC(CC2)C1. The highest BCUT2D eigenvalue weighted by molar-refractivity contribution is 5.89. The third-order valence-electron chi connectivity index (χ3n) is 7.41. The standard InChI is InChI=1S/C24H31FN2O/c25-23-13-19(7-8-20(23)16-26-9-1-2-10-26)21-11-22(12-21)24(28)27-14-17-3-4-18(15-27)6-5-17/h7-8,11,13,17-18,22H,1-6,9-10,12,14-16H2. The smallest absolute Gasteiger partial charge is 0.229 e. The number of nitrogens with zero attached hydrogens (tertiary/aromatic N) is 2. The molecule has 0 N–H and O–H groups in total. The zero-order valence-corrected chi connectivity index (χ0v) is 16.7. The van der Waals surface area contributed by atoms with Crippen LogP contribution >= 0.6 is 0 Å². The lowest BCUT2D eigenvalue weighted by molar-refractivity contribution is -0.134. The number of carbonyl (C=O) groups excluding carboxylic acids is 1.